The van der Waals surface area contributed by atoms with Crippen molar-refractivity contribution >= 4 is 17.3 Å². The Morgan fingerprint density at radius 2 is 1.80 bits per heavy atom. The van der Waals surface area contributed by atoms with E-state index in [-0.39, 0.29) is 5.97 Å². The van der Waals surface area contributed by atoms with Crippen molar-refractivity contribution < 1.29 is 9.53 Å². The summed E-state index contributed by atoms with van der Waals surface area (Å²) in [5, 5.41) is 0. The molecule has 2 aromatic rings. The molecular formula is C16H16N2O2. The van der Waals surface area contributed by atoms with Gasteiger partial charge in [-0.25, -0.2) is 4.79 Å². The fourth-order valence-electron chi connectivity index (χ4n) is 2.57. The SMILES string of the molecule is COC(=O)c1ccc(N)c(N2Cc3ccccc3C2)c1. The van der Waals surface area contributed by atoms with E-state index in [9.17, 15) is 4.79 Å². The van der Waals surface area contributed by atoms with Crippen LogP contribution in [0.15, 0.2) is 42.5 Å². The Bertz CT molecular complexity index is 642. The second kappa shape index (κ2) is 4.89. The van der Waals surface area contributed by atoms with Crippen molar-refractivity contribution in [3.05, 3.63) is 59.2 Å². The van der Waals surface area contributed by atoms with Gasteiger partial charge in [0.1, 0.15) is 0 Å². The highest BCUT2D eigenvalue weighted by Gasteiger charge is 2.21. The number of anilines is 2. The Hall–Kier alpha value is -2.49. The highest BCUT2D eigenvalue weighted by molar-refractivity contribution is 5.92. The number of fused-ring (bicyclic) bond motifs is 1. The van der Waals surface area contributed by atoms with Crippen molar-refractivity contribution in [1.82, 2.24) is 0 Å². The number of carbonyl (C=O) groups is 1. The summed E-state index contributed by atoms with van der Waals surface area (Å²) in [4.78, 5) is 13.8. The van der Waals surface area contributed by atoms with Crippen molar-refractivity contribution in [3.8, 4) is 0 Å². The van der Waals surface area contributed by atoms with Crippen LogP contribution in [0.2, 0.25) is 0 Å². The molecule has 2 aromatic carbocycles. The maximum Gasteiger partial charge on any atom is 0.337 e. The number of esters is 1. The van der Waals surface area contributed by atoms with Gasteiger partial charge in [-0.1, -0.05) is 24.3 Å². The summed E-state index contributed by atoms with van der Waals surface area (Å²) < 4.78 is 4.76. The summed E-state index contributed by atoms with van der Waals surface area (Å²) in [7, 11) is 1.38. The third-order valence-electron chi connectivity index (χ3n) is 3.63. The lowest BCUT2D eigenvalue weighted by molar-refractivity contribution is 0.0601. The molecule has 102 valence electrons. The van der Waals surface area contributed by atoms with Crippen molar-refractivity contribution in [2.75, 3.05) is 17.7 Å². The van der Waals surface area contributed by atoms with Crippen molar-refractivity contribution in [2.45, 2.75) is 13.1 Å². The fourth-order valence-corrected chi connectivity index (χ4v) is 2.57. The molecule has 1 aliphatic rings. The molecule has 0 unspecified atom stereocenters. The van der Waals surface area contributed by atoms with Crippen LogP contribution in [0.25, 0.3) is 0 Å². The lowest BCUT2D eigenvalue weighted by Gasteiger charge is -2.20. The summed E-state index contributed by atoms with van der Waals surface area (Å²) in [6, 6.07) is 13.6. The number of rotatable bonds is 2. The largest absolute Gasteiger partial charge is 0.465 e. The molecule has 20 heavy (non-hydrogen) atoms. The van der Waals surface area contributed by atoms with Crippen LogP contribution < -0.4 is 10.6 Å². The minimum absolute atomic E-state index is 0.344. The van der Waals surface area contributed by atoms with E-state index in [1.54, 1.807) is 18.2 Å². The van der Waals surface area contributed by atoms with Gasteiger partial charge in [-0.05, 0) is 29.3 Å². The summed E-state index contributed by atoms with van der Waals surface area (Å²) >= 11 is 0. The van der Waals surface area contributed by atoms with Gasteiger partial charge in [-0.3, -0.25) is 0 Å². The molecule has 0 fully saturated rings. The Labute approximate surface area is 117 Å². The first kappa shape index (κ1) is 12.5. The Balaban J connectivity index is 1.94. The zero-order valence-electron chi connectivity index (χ0n) is 11.3. The Kier molecular flexibility index (Phi) is 3.06. The summed E-state index contributed by atoms with van der Waals surface area (Å²) in [6.45, 7) is 1.62. The van der Waals surface area contributed by atoms with Crippen molar-refractivity contribution in [2.24, 2.45) is 0 Å². The van der Waals surface area contributed by atoms with Crippen LogP contribution in [0, 0.1) is 0 Å². The standard InChI is InChI=1S/C16H16N2O2/c1-20-16(19)11-6-7-14(17)15(8-11)18-9-12-4-2-3-5-13(12)10-18/h2-8H,9-10,17H2,1H3. The highest BCUT2D eigenvalue weighted by Crippen LogP contribution is 2.32. The smallest absolute Gasteiger partial charge is 0.337 e. The average Bonchev–Trinajstić information content (AvgIpc) is 2.90. The Morgan fingerprint density at radius 3 is 2.40 bits per heavy atom. The predicted molar refractivity (Wildman–Crippen MR) is 78.5 cm³/mol. The highest BCUT2D eigenvalue weighted by atomic mass is 16.5. The maximum atomic E-state index is 11.6. The van der Waals surface area contributed by atoms with E-state index in [2.05, 4.69) is 17.0 Å². The second-order valence-electron chi connectivity index (χ2n) is 4.89. The zero-order chi connectivity index (χ0) is 14.1. The van der Waals surface area contributed by atoms with Crippen LogP contribution in [-0.4, -0.2) is 13.1 Å². The van der Waals surface area contributed by atoms with Gasteiger partial charge in [0.15, 0.2) is 0 Å². The molecule has 0 bridgehead atoms. The first-order valence-corrected chi connectivity index (χ1v) is 6.48. The number of nitrogens with two attached hydrogens (primary N) is 1. The third-order valence-corrected chi connectivity index (χ3v) is 3.63. The summed E-state index contributed by atoms with van der Waals surface area (Å²) in [5.41, 5.74) is 10.7. The number of hydrogen-bond donors (Lipinski definition) is 1. The van der Waals surface area contributed by atoms with E-state index >= 15 is 0 Å². The normalized spacial score (nSPS) is 13.2. The maximum absolute atomic E-state index is 11.6. The van der Waals surface area contributed by atoms with E-state index in [1.165, 1.54) is 18.2 Å². The van der Waals surface area contributed by atoms with E-state index in [4.69, 9.17) is 10.5 Å². The molecule has 0 saturated carbocycles. The molecule has 1 aliphatic heterocycles. The quantitative estimate of drug-likeness (QED) is 0.672. The molecule has 2 N–H and O–H groups in total. The minimum Gasteiger partial charge on any atom is -0.465 e. The van der Waals surface area contributed by atoms with E-state index in [0.717, 1.165) is 18.8 Å². The van der Waals surface area contributed by atoms with Crippen LogP contribution in [-0.2, 0) is 17.8 Å². The first-order chi connectivity index (χ1) is 9.69. The molecular weight excluding hydrogens is 252 g/mol. The van der Waals surface area contributed by atoms with Gasteiger partial charge in [0.2, 0.25) is 0 Å². The molecule has 0 saturated heterocycles. The predicted octanol–water partition coefficient (Wildman–Crippen LogP) is 2.58. The monoisotopic (exact) mass is 268 g/mol. The number of hydrogen-bond acceptors (Lipinski definition) is 4. The molecule has 4 nitrogen and oxygen atoms in total. The van der Waals surface area contributed by atoms with Crippen LogP contribution in [0.5, 0.6) is 0 Å². The number of ether oxygens (including phenoxy) is 1. The van der Waals surface area contributed by atoms with Gasteiger partial charge in [0.25, 0.3) is 0 Å². The van der Waals surface area contributed by atoms with Gasteiger partial charge in [0, 0.05) is 13.1 Å². The third kappa shape index (κ3) is 2.09. The molecule has 0 spiro atoms. The molecule has 0 aromatic heterocycles. The lowest BCUT2D eigenvalue weighted by Crippen LogP contribution is -2.17. The molecule has 1 heterocycles. The number of carbonyl (C=O) groups excluding carboxylic acids is 1. The van der Waals surface area contributed by atoms with Crippen molar-refractivity contribution in [3.63, 3.8) is 0 Å². The molecule has 0 radical (unpaired) electrons. The minimum atomic E-state index is -0.344. The van der Waals surface area contributed by atoms with E-state index in [1.807, 2.05) is 12.1 Å². The number of nitrogens with zero attached hydrogens (tertiary/aromatic N) is 1. The van der Waals surface area contributed by atoms with Gasteiger partial charge in [-0.2, -0.15) is 0 Å². The molecule has 3 rings (SSSR count). The fraction of sp³-hybridized carbons (Fsp3) is 0.188. The molecule has 0 amide bonds. The van der Waals surface area contributed by atoms with Gasteiger partial charge in [-0.15, -0.1) is 0 Å². The van der Waals surface area contributed by atoms with E-state index < -0.39 is 0 Å². The topological polar surface area (TPSA) is 55.6 Å². The zero-order valence-corrected chi connectivity index (χ0v) is 11.3. The number of nitrogen functional groups attached to an aromatic ring is 1. The van der Waals surface area contributed by atoms with Crippen LogP contribution in [0.1, 0.15) is 21.5 Å². The van der Waals surface area contributed by atoms with Crippen LogP contribution >= 0.6 is 0 Å². The lowest BCUT2D eigenvalue weighted by atomic mass is 10.1. The van der Waals surface area contributed by atoms with E-state index in [0.29, 0.717) is 11.3 Å². The second-order valence-corrected chi connectivity index (χ2v) is 4.89. The van der Waals surface area contributed by atoms with Gasteiger partial charge in [0.05, 0.1) is 24.0 Å². The summed E-state index contributed by atoms with van der Waals surface area (Å²) in [6.07, 6.45) is 0. The summed E-state index contributed by atoms with van der Waals surface area (Å²) in [5.74, 6) is -0.344. The molecule has 0 atom stereocenters. The molecule has 4 heteroatoms. The van der Waals surface area contributed by atoms with Gasteiger partial charge >= 0.3 is 5.97 Å². The van der Waals surface area contributed by atoms with Crippen LogP contribution in [0.3, 0.4) is 0 Å². The van der Waals surface area contributed by atoms with Crippen LogP contribution in [0.4, 0.5) is 11.4 Å². The first-order valence-electron chi connectivity index (χ1n) is 6.48. The average molecular weight is 268 g/mol. The van der Waals surface area contributed by atoms with Crippen molar-refractivity contribution in [1.29, 1.82) is 0 Å². The number of benzene rings is 2. The number of methoxy groups -OCH3 is 1. The Morgan fingerprint density at radius 1 is 1.15 bits per heavy atom. The van der Waals surface area contributed by atoms with Gasteiger partial charge < -0.3 is 15.4 Å². The molecule has 0 aliphatic carbocycles.